The van der Waals surface area contributed by atoms with E-state index in [1.165, 1.54) is 35.2 Å². The number of hydrogen-bond donors (Lipinski definition) is 1. The normalized spacial score (nSPS) is 10.1. The van der Waals surface area contributed by atoms with E-state index in [4.69, 9.17) is 0 Å². The second kappa shape index (κ2) is 7.04. The van der Waals surface area contributed by atoms with Crippen molar-refractivity contribution in [3.8, 4) is 0 Å². The molecule has 0 spiro atoms. The third kappa shape index (κ3) is 2.84. The van der Waals surface area contributed by atoms with Crippen molar-refractivity contribution in [1.29, 1.82) is 0 Å². The van der Waals surface area contributed by atoms with Gasteiger partial charge in [-0.05, 0) is 31.4 Å². The van der Waals surface area contributed by atoms with E-state index in [0.29, 0.717) is 0 Å². The number of hydrogen-bond acceptors (Lipinski definition) is 2. The Kier molecular flexibility index (Phi) is 5.69. The molecule has 0 saturated heterocycles. The molecule has 0 atom stereocenters. The van der Waals surface area contributed by atoms with Gasteiger partial charge in [-0.3, -0.25) is 0 Å². The zero-order valence-electron chi connectivity index (χ0n) is 12.2. The van der Waals surface area contributed by atoms with E-state index in [0.717, 1.165) is 6.42 Å². The van der Waals surface area contributed by atoms with Gasteiger partial charge in [-0.25, -0.2) is 4.52 Å². The summed E-state index contributed by atoms with van der Waals surface area (Å²) in [6, 6.07) is 2.10. The SMILES string of the molecule is CC.CCCCc1c(NC)ccn2ncc(C)c12. The van der Waals surface area contributed by atoms with Crippen LogP contribution in [0.4, 0.5) is 5.69 Å². The van der Waals surface area contributed by atoms with Crippen LogP contribution in [-0.2, 0) is 6.42 Å². The second-order valence-electron chi connectivity index (χ2n) is 4.18. The van der Waals surface area contributed by atoms with E-state index >= 15 is 0 Å². The maximum Gasteiger partial charge on any atom is 0.0743 e. The number of aromatic nitrogens is 2. The third-order valence-electron chi connectivity index (χ3n) is 3.02. The molecular formula is C15H25N3. The number of nitrogens with one attached hydrogen (secondary N) is 1. The second-order valence-corrected chi connectivity index (χ2v) is 4.18. The topological polar surface area (TPSA) is 29.3 Å². The lowest BCUT2D eigenvalue weighted by molar-refractivity contribution is 0.794. The van der Waals surface area contributed by atoms with Crippen LogP contribution in [0.5, 0.6) is 0 Å². The van der Waals surface area contributed by atoms with Crippen LogP contribution in [0.2, 0.25) is 0 Å². The Balaban J connectivity index is 0.000000771. The molecule has 0 aliphatic heterocycles. The monoisotopic (exact) mass is 247 g/mol. The fourth-order valence-corrected chi connectivity index (χ4v) is 2.15. The first-order valence-corrected chi connectivity index (χ1v) is 6.91. The molecule has 2 aromatic heterocycles. The Labute approximate surface area is 110 Å². The summed E-state index contributed by atoms with van der Waals surface area (Å²) in [7, 11) is 1.98. The molecule has 0 saturated carbocycles. The minimum absolute atomic E-state index is 1.11. The molecule has 100 valence electrons. The average molecular weight is 247 g/mol. The predicted molar refractivity (Wildman–Crippen MR) is 79.4 cm³/mol. The maximum atomic E-state index is 4.35. The maximum absolute atomic E-state index is 4.35. The van der Waals surface area contributed by atoms with Crippen molar-refractivity contribution >= 4 is 11.2 Å². The van der Waals surface area contributed by atoms with Crippen molar-refractivity contribution in [3.63, 3.8) is 0 Å². The highest BCUT2D eigenvalue weighted by molar-refractivity contribution is 5.70. The summed E-state index contributed by atoms with van der Waals surface area (Å²) in [5.41, 5.74) is 5.13. The van der Waals surface area contributed by atoms with Gasteiger partial charge in [0.25, 0.3) is 0 Å². The van der Waals surface area contributed by atoms with E-state index in [1.54, 1.807) is 0 Å². The van der Waals surface area contributed by atoms with Gasteiger partial charge in [0.1, 0.15) is 0 Å². The summed E-state index contributed by atoms with van der Waals surface area (Å²) in [6.07, 6.45) is 7.51. The molecule has 0 aromatic carbocycles. The molecule has 3 nitrogen and oxygen atoms in total. The Bertz CT molecular complexity index is 486. The fraction of sp³-hybridized carbons (Fsp3) is 0.533. The standard InChI is InChI=1S/C13H19N3.C2H6/c1-4-5-6-11-12(14-3)7-8-16-13(11)10(2)9-15-16;1-2/h7-9,14H,4-6H2,1-3H3;1-2H3. The lowest BCUT2D eigenvalue weighted by atomic mass is 10.0. The van der Waals surface area contributed by atoms with E-state index in [2.05, 4.69) is 30.3 Å². The molecule has 0 aliphatic rings. The van der Waals surface area contributed by atoms with Gasteiger partial charge in [0.15, 0.2) is 0 Å². The van der Waals surface area contributed by atoms with Gasteiger partial charge in [0.05, 0.1) is 11.7 Å². The average Bonchev–Trinajstić information content (AvgIpc) is 2.80. The first-order chi connectivity index (χ1) is 8.77. The number of pyridine rings is 1. The van der Waals surface area contributed by atoms with Gasteiger partial charge in [-0.15, -0.1) is 0 Å². The van der Waals surface area contributed by atoms with Crippen LogP contribution < -0.4 is 5.32 Å². The van der Waals surface area contributed by atoms with Gasteiger partial charge in [0, 0.05) is 24.5 Å². The molecular weight excluding hydrogens is 222 g/mol. The quantitative estimate of drug-likeness (QED) is 0.883. The molecule has 0 radical (unpaired) electrons. The summed E-state index contributed by atoms with van der Waals surface area (Å²) >= 11 is 0. The lowest BCUT2D eigenvalue weighted by Crippen LogP contribution is -2.00. The van der Waals surface area contributed by atoms with Crippen molar-refractivity contribution in [1.82, 2.24) is 9.61 Å². The van der Waals surface area contributed by atoms with Crippen molar-refractivity contribution in [3.05, 3.63) is 29.6 Å². The van der Waals surface area contributed by atoms with Crippen LogP contribution in [0.25, 0.3) is 5.52 Å². The van der Waals surface area contributed by atoms with Gasteiger partial charge in [-0.1, -0.05) is 27.2 Å². The summed E-state index contributed by atoms with van der Waals surface area (Å²) in [4.78, 5) is 0. The Morgan fingerprint density at radius 3 is 2.67 bits per heavy atom. The van der Waals surface area contributed by atoms with E-state index < -0.39 is 0 Å². The van der Waals surface area contributed by atoms with E-state index in [9.17, 15) is 0 Å². The van der Waals surface area contributed by atoms with Crippen LogP contribution in [0.15, 0.2) is 18.5 Å². The number of fused-ring (bicyclic) bond motifs is 1. The first kappa shape index (κ1) is 14.6. The molecule has 2 heterocycles. The Morgan fingerprint density at radius 1 is 1.33 bits per heavy atom. The number of rotatable bonds is 4. The summed E-state index contributed by atoms with van der Waals surface area (Å²) in [5.74, 6) is 0. The largest absolute Gasteiger partial charge is 0.388 e. The van der Waals surface area contributed by atoms with Gasteiger partial charge >= 0.3 is 0 Å². The van der Waals surface area contributed by atoms with Crippen molar-refractivity contribution in [2.75, 3.05) is 12.4 Å². The predicted octanol–water partition coefficient (Wildman–Crippen LogP) is 4.05. The molecule has 0 fully saturated rings. The van der Waals surface area contributed by atoms with Crippen LogP contribution in [0.1, 0.15) is 44.7 Å². The zero-order chi connectivity index (χ0) is 13.5. The Hall–Kier alpha value is -1.51. The van der Waals surface area contributed by atoms with Crippen molar-refractivity contribution < 1.29 is 0 Å². The molecule has 1 N–H and O–H groups in total. The molecule has 2 rings (SSSR count). The third-order valence-corrected chi connectivity index (χ3v) is 3.02. The molecule has 0 amide bonds. The smallest absolute Gasteiger partial charge is 0.0743 e. The minimum Gasteiger partial charge on any atom is -0.388 e. The van der Waals surface area contributed by atoms with E-state index in [1.807, 2.05) is 37.8 Å². The number of anilines is 1. The number of unbranched alkanes of at least 4 members (excludes halogenated alkanes) is 1. The minimum atomic E-state index is 1.11. The highest BCUT2D eigenvalue weighted by atomic mass is 15.2. The first-order valence-electron chi connectivity index (χ1n) is 6.91. The molecule has 2 aromatic rings. The van der Waals surface area contributed by atoms with Crippen LogP contribution in [0, 0.1) is 6.92 Å². The Morgan fingerprint density at radius 2 is 2.06 bits per heavy atom. The highest BCUT2D eigenvalue weighted by Crippen LogP contribution is 2.25. The molecule has 3 heteroatoms. The van der Waals surface area contributed by atoms with Crippen LogP contribution >= 0.6 is 0 Å². The van der Waals surface area contributed by atoms with Crippen molar-refractivity contribution in [2.45, 2.75) is 47.0 Å². The van der Waals surface area contributed by atoms with Gasteiger partial charge in [-0.2, -0.15) is 5.10 Å². The summed E-state index contributed by atoms with van der Waals surface area (Å²) in [6.45, 7) is 8.35. The molecule has 0 bridgehead atoms. The molecule has 0 unspecified atom stereocenters. The summed E-state index contributed by atoms with van der Waals surface area (Å²) in [5, 5.41) is 7.62. The molecule has 18 heavy (non-hydrogen) atoms. The number of aryl methyl sites for hydroxylation is 2. The lowest BCUT2D eigenvalue weighted by Gasteiger charge is -2.11. The highest BCUT2D eigenvalue weighted by Gasteiger charge is 2.09. The van der Waals surface area contributed by atoms with Crippen LogP contribution in [0.3, 0.4) is 0 Å². The zero-order valence-corrected chi connectivity index (χ0v) is 12.2. The van der Waals surface area contributed by atoms with Crippen LogP contribution in [-0.4, -0.2) is 16.7 Å². The molecule has 0 aliphatic carbocycles. The summed E-state index contributed by atoms with van der Waals surface area (Å²) < 4.78 is 1.97. The van der Waals surface area contributed by atoms with Gasteiger partial charge < -0.3 is 5.32 Å². The van der Waals surface area contributed by atoms with Gasteiger partial charge in [0.2, 0.25) is 0 Å². The number of nitrogens with zero attached hydrogens (tertiary/aromatic N) is 2. The van der Waals surface area contributed by atoms with Crippen molar-refractivity contribution in [2.24, 2.45) is 0 Å². The van der Waals surface area contributed by atoms with E-state index in [-0.39, 0.29) is 0 Å². The fourth-order valence-electron chi connectivity index (χ4n) is 2.15.